The van der Waals surface area contributed by atoms with Crippen LogP contribution in [0.4, 0.5) is 0 Å². The van der Waals surface area contributed by atoms with E-state index in [1.165, 1.54) is 48.6 Å². The molecule has 1 N–H and O–H groups in total. The molecule has 1 atom stereocenters. The van der Waals surface area contributed by atoms with E-state index in [0.29, 0.717) is 6.04 Å². The van der Waals surface area contributed by atoms with Gasteiger partial charge in [0.25, 0.3) is 0 Å². The van der Waals surface area contributed by atoms with E-state index in [9.17, 15) is 0 Å². The molecule has 1 fully saturated rings. The van der Waals surface area contributed by atoms with Crippen LogP contribution in [0.25, 0.3) is 0 Å². The van der Waals surface area contributed by atoms with E-state index >= 15 is 0 Å². The van der Waals surface area contributed by atoms with Crippen LogP contribution in [-0.4, -0.2) is 19.7 Å². The van der Waals surface area contributed by atoms with Gasteiger partial charge in [-0.25, -0.2) is 0 Å². The molecule has 0 amide bonds. The fourth-order valence-electron chi connectivity index (χ4n) is 3.34. The molecule has 0 heterocycles. The van der Waals surface area contributed by atoms with Gasteiger partial charge < -0.3 is 10.1 Å². The van der Waals surface area contributed by atoms with Gasteiger partial charge in [-0.05, 0) is 61.9 Å². The Morgan fingerprint density at radius 3 is 2.71 bits per heavy atom. The van der Waals surface area contributed by atoms with Gasteiger partial charge in [-0.1, -0.05) is 42.1 Å². The summed E-state index contributed by atoms with van der Waals surface area (Å²) in [5.74, 6) is 1.77. The SMILES string of the molecule is CCCNC(Cc1cc(OC)ccc1Br)C1CCCCC1. The first-order valence-electron chi connectivity index (χ1n) is 8.30. The number of hydrogen-bond donors (Lipinski definition) is 1. The van der Waals surface area contributed by atoms with Crippen molar-refractivity contribution in [2.75, 3.05) is 13.7 Å². The van der Waals surface area contributed by atoms with Gasteiger partial charge in [-0.2, -0.15) is 0 Å². The maximum atomic E-state index is 5.38. The summed E-state index contributed by atoms with van der Waals surface area (Å²) in [4.78, 5) is 0. The van der Waals surface area contributed by atoms with E-state index in [2.05, 4.69) is 40.3 Å². The molecule has 1 saturated carbocycles. The van der Waals surface area contributed by atoms with Crippen molar-refractivity contribution < 1.29 is 4.74 Å². The molecule has 0 spiro atoms. The molecule has 1 aromatic carbocycles. The fourth-order valence-corrected chi connectivity index (χ4v) is 3.75. The third-order valence-electron chi connectivity index (χ3n) is 4.57. The minimum atomic E-state index is 0.591. The molecule has 21 heavy (non-hydrogen) atoms. The minimum Gasteiger partial charge on any atom is -0.497 e. The zero-order valence-corrected chi connectivity index (χ0v) is 14.9. The van der Waals surface area contributed by atoms with Crippen LogP contribution in [0.1, 0.15) is 51.0 Å². The molecule has 0 saturated heterocycles. The third-order valence-corrected chi connectivity index (χ3v) is 5.34. The summed E-state index contributed by atoms with van der Waals surface area (Å²) in [7, 11) is 1.74. The molecule has 1 aliphatic carbocycles. The molecule has 1 unspecified atom stereocenters. The van der Waals surface area contributed by atoms with Crippen LogP contribution >= 0.6 is 15.9 Å². The molecular formula is C18H28BrNO. The Morgan fingerprint density at radius 2 is 2.05 bits per heavy atom. The minimum absolute atomic E-state index is 0.591. The van der Waals surface area contributed by atoms with Crippen molar-refractivity contribution >= 4 is 15.9 Å². The van der Waals surface area contributed by atoms with Crippen LogP contribution in [0.5, 0.6) is 5.75 Å². The van der Waals surface area contributed by atoms with Crippen LogP contribution < -0.4 is 10.1 Å². The van der Waals surface area contributed by atoms with Crippen LogP contribution in [0, 0.1) is 5.92 Å². The number of ether oxygens (including phenoxy) is 1. The van der Waals surface area contributed by atoms with Gasteiger partial charge in [0.15, 0.2) is 0 Å². The Morgan fingerprint density at radius 1 is 1.29 bits per heavy atom. The lowest BCUT2D eigenvalue weighted by atomic mass is 9.81. The molecule has 118 valence electrons. The normalized spacial score (nSPS) is 17.7. The first-order chi connectivity index (χ1) is 10.2. The van der Waals surface area contributed by atoms with Gasteiger partial charge in [-0.15, -0.1) is 0 Å². The smallest absolute Gasteiger partial charge is 0.119 e. The monoisotopic (exact) mass is 353 g/mol. The van der Waals surface area contributed by atoms with Gasteiger partial charge in [0.2, 0.25) is 0 Å². The van der Waals surface area contributed by atoms with Crippen LogP contribution in [-0.2, 0) is 6.42 Å². The van der Waals surface area contributed by atoms with Crippen molar-refractivity contribution in [2.45, 2.75) is 57.9 Å². The maximum Gasteiger partial charge on any atom is 0.119 e. The zero-order valence-electron chi connectivity index (χ0n) is 13.3. The van der Waals surface area contributed by atoms with E-state index in [1.807, 2.05) is 6.07 Å². The van der Waals surface area contributed by atoms with Gasteiger partial charge in [0.05, 0.1) is 7.11 Å². The van der Waals surface area contributed by atoms with Crippen molar-refractivity contribution in [2.24, 2.45) is 5.92 Å². The second-order valence-corrected chi connectivity index (χ2v) is 6.97. The van der Waals surface area contributed by atoms with Gasteiger partial charge in [-0.3, -0.25) is 0 Å². The highest BCUT2D eigenvalue weighted by Crippen LogP contribution is 2.30. The van der Waals surface area contributed by atoms with E-state index in [0.717, 1.165) is 24.6 Å². The Kier molecular flexibility index (Phi) is 7.05. The molecule has 0 bridgehead atoms. The Labute approximate surface area is 137 Å². The van der Waals surface area contributed by atoms with Crippen LogP contribution in [0.2, 0.25) is 0 Å². The van der Waals surface area contributed by atoms with E-state index in [-0.39, 0.29) is 0 Å². The van der Waals surface area contributed by atoms with Crippen molar-refractivity contribution in [3.05, 3.63) is 28.2 Å². The summed E-state index contributed by atoms with van der Waals surface area (Å²) < 4.78 is 6.57. The number of halogens is 1. The number of benzene rings is 1. The molecule has 2 rings (SSSR count). The molecule has 0 radical (unpaired) electrons. The summed E-state index contributed by atoms with van der Waals surface area (Å²) in [6, 6.07) is 6.89. The lowest BCUT2D eigenvalue weighted by Gasteiger charge is -2.31. The molecule has 3 heteroatoms. The molecular weight excluding hydrogens is 326 g/mol. The van der Waals surface area contributed by atoms with E-state index in [1.54, 1.807) is 7.11 Å². The predicted molar refractivity (Wildman–Crippen MR) is 93.1 cm³/mol. The maximum absolute atomic E-state index is 5.38. The highest BCUT2D eigenvalue weighted by atomic mass is 79.9. The summed E-state index contributed by atoms with van der Waals surface area (Å²) >= 11 is 3.70. The molecule has 0 aromatic heterocycles. The summed E-state index contributed by atoms with van der Waals surface area (Å²) in [6.07, 6.45) is 9.25. The highest BCUT2D eigenvalue weighted by molar-refractivity contribution is 9.10. The fraction of sp³-hybridized carbons (Fsp3) is 0.667. The largest absolute Gasteiger partial charge is 0.497 e. The molecule has 0 aliphatic heterocycles. The van der Waals surface area contributed by atoms with Crippen molar-refractivity contribution in [1.82, 2.24) is 5.32 Å². The Bertz CT molecular complexity index is 429. The van der Waals surface area contributed by atoms with Crippen molar-refractivity contribution in [3.63, 3.8) is 0 Å². The quantitative estimate of drug-likeness (QED) is 0.748. The molecule has 2 nitrogen and oxygen atoms in total. The first-order valence-corrected chi connectivity index (χ1v) is 9.09. The lowest BCUT2D eigenvalue weighted by Crippen LogP contribution is -2.39. The highest BCUT2D eigenvalue weighted by Gasteiger charge is 2.24. The Hall–Kier alpha value is -0.540. The van der Waals surface area contributed by atoms with Crippen LogP contribution in [0.15, 0.2) is 22.7 Å². The van der Waals surface area contributed by atoms with Crippen LogP contribution in [0.3, 0.4) is 0 Å². The van der Waals surface area contributed by atoms with Crippen molar-refractivity contribution in [3.8, 4) is 5.75 Å². The van der Waals surface area contributed by atoms with Gasteiger partial charge in [0, 0.05) is 10.5 Å². The number of nitrogens with one attached hydrogen (secondary N) is 1. The predicted octanol–water partition coefficient (Wildman–Crippen LogP) is 4.95. The number of hydrogen-bond acceptors (Lipinski definition) is 2. The van der Waals surface area contributed by atoms with Gasteiger partial charge in [0.1, 0.15) is 5.75 Å². The average Bonchev–Trinajstić information content (AvgIpc) is 2.54. The summed E-state index contributed by atoms with van der Waals surface area (Å²) in [5, 5.41) is 3.79. The average molecular weight is 354 g/mol. The number of methoxy groups -OCH3 is 1. The van der Waals surface area contributed by atoms with Gasteiger partial charge >= 0.3 is 0 Å². The zero-order chi connectivity index (χ0) is 15.1. The first kappa shape index (κ1) is 16.8. The summed E-state index contributed by atoms with van der Waals surface area (Å²) in [5.41, 5.74) is 1.36. The van der Waals surface area contributed by atoms with E-state index < -0.39 is 0 Å². The second-order valence-electron chi connectivity index (χ2n) is 6.12. The Balaban J connectivity index is 2.09. The molecule has 1 aliphatic rings. The number of rotatable bonds is 7. The summed E-state index contributed by atoms with van der Waals surface area (Å²) in [6.45, 7) is 3.36. The standard InChI is InChI=1S/C18H28BrNO/c1-3-11-20-18(14-7-5-4-6-8-14)13-15-12-16(21-2)9-10-17(15)19/h9-10,12,14,18,20H,3-8,11,13H2,1-2H3. The molecule has 1 aromatic rings. The van der Waals surface area contributed by atoms with E-state index in [4.69, 9.17) is 4.74 Å². The lowest BCUT2D eigenvalue weighted by molar-refractivity contribution is 0.267. The topological polar surface area (TPSA) is 21.3 Å². The van der Waals surface area contributed by atoms with Crippen molar-refractivity contribution in [1.29, 1.82) is 0 Å². The third kappa shape index (κ3) is 5.00. The second kappa shape index (κ2) is 8.79.